The largest absolute Gasteiger partial charge is 0.466 e. The van der Waals surface area contributed by atoms with Gasteiger partial charge in [-0.05, 0) is 70.5 Å². The minimum absolute atomic E-state index is 0.0535. The van der Waals surface area contributed by atoms with Crippen LogP contribution in [-0.4, -0.2) is 66.3 Å². The molecule has 1 aliphatic heterocycles. The number of nitrogens with zero attached hydrogens (tertiary/aromatic N) is 2. The number of hydrogen-bond donors (Lipinski definition) is 1. The van der Waals surface area contributed by atoms with Crippen molar-refractivity contribution in [1.29, 1.82) is 0 Å². The van der Waals surface area contributed by atoms with E-state index in [1.165, 1.54) is 44.9 Å². The first-order valence-electron chi connectivity index (χ1n) is 13.4. The lowest BCUT2D eigenvalue weighted by molar-refractivity contribution is -0.143. The van der Waals surface area contributed by atoms with E-state index in [0.29, 0.717) is 32.0 Å². The van der Waals surface area contributed by atoms with E-state index in [2.05, 4.69) is 18.7 Å². The molecule has 0 bridgehead atoms. The summed E-state index contributed by atoms with van der Waals surface area (Å²) < 4.78 is 5.26. The maximum absolute atomic E-state index is 11.8. The van der Waals surface area contributed by atoms with E-state index in [9.17, 15) is 9.59 Å². The lowest BCUT2D eigenvalue weighted by Crippen LogP contribution is -2.38. The van der Waals surface area contributed by atoms with Crippen LogP contribution in [0.3, 0.4) is 0 Å². The second-order valence-corrected chi connectivity index (χ2v) is 9.50. The summed E-state index contributed by atoms with van der Waals surface area (Å²) in [6, 6.07) is 0. The summed E-state index contributed by atoms with van der Waals surface area (Å²) >= 11 is 0. The molecule has 0 aromatic carbocycles. The number of unbranched alkanes of at least 4 members (excludes halogenated alkanes) is 8. The van der Waals surface area contributed by atoms with Crippen LogP contribution in [-0.2, 0) is 9.53 Å². The van der Waals surface area contributed by atoms with E-state index in [4.69, 9.17) is 9.84 Å². The molecule has 1 aliphatic rings. The number of likely N-dealkylation sites (tertiary alicyclic amines) is 1. The second-order valence-electron chi connectivity index (χ2n) is 9.50. The molecule has 0 aromatic heterocycles. The van der Waals surface area contributed by atoms with Gasteiger partial charge in [0.25, 0.3) is 0 Å². The van der Waals surface area contributed by atoms with E-state index in [1.54, 1.807) is 4.90 Å². The minimum Gasteiger partial charge on any atom is -0.466 e. The van der Waals surface area contributed by atoms with Crippen LogP contribution in [0, 0.1) is 5.92 Å². The molecule has 0 atom stereocenters. The fraction of sp³-hybridized carbons (Fsp3) is 0.923. The van der Waals surface area contributed by atoms with Crippen molar-refractivity contribution in [3.05, 3.63) is 0 Å². The quantitative estimate of drug-likeness (QED) is 0.182. The maximum atomic E-state index is 11.8. The van der Waals surface area contributed by atoms with Crippen molar-refractivity contribution in [1.82, 2.24) is 9.80 Å². The highest BCUT2D eigenvalue weighted by atomic mass is 16.5. The van der Waals surface area contributed by atoms with Crippen molar-refractivity contribution in [2.45, 2.75) is 110 Å². The Morgan fingerprint density at radius 2 is 1.44 bits per heavy atom. The Balaban J connectivity index is 2.28. The zero-order valence-electron chi connectivity index (χ0n) is 21.0. The van der Waals surface area contributed by atoms with Crippen LogP contribution in [0.25, 0.3) is 0 Å². The van der Waals surface area contributed by atoms with Gasteiger partial charge in [0.1, 0.15) is 0 Å². The van der Waals surface area contributed by atoms with Crippen molar-refractivity contribution < 1.29 is 19.4 Å². The topological polar surface area (TPSA) is 70.1 Å². The fourth-order valence-electron chi connectivity index (χ4n) is 4.41. The van der Waals surface area contributed by atoms with Gasteiger partial charge in [0, 0.05) is 19.5 Å². The van der Waals surface area contributed by atoms with Gasteiger partial charge in [0.05, 0.1) is 6.61 Å². The normalized spacial score (nSPS) is 14.8. The van der Waals surface area contributed by atoms with E-state index in [0.717, 1.165) is 64.6 Å². The van der Waals surface area contributed by atoms with Gasteiger partial charge in [-0.15, -0.1) is 0 Å². The molecule has 32 heavy (non-hydrogen) atoms. The van der Waals surface area contributed by atoms with Gasteiger partial charge >= 0.3 is 12.1 Å². The lowest BCUT2D eigenvalue weighted by Gasteiger charge is -2.31. The van der Waals surface area contributed by atoms with Crippen molar-refractivity contribution >= 4 is 12.1 Å². The molecule has 1 saturated heterocycles. The highest BCUT2D eigenvalue weighted by molar-refractivity contribution is 5.69. The van der Waals surface area contributed by atoms with Gasteiger partial charge in [-0.2, -0.15) is 0 Å². The standard InChI is InChI=1S/C26H50N2O4/c1-3-5-7-8-9-10-12-18-27(19-13-11-14-25(29)32-23-6-4-2)20-15-24-16-21-28(22-17-24)26(30)31/h24H,3-23H2,1-2H3,(H,30,31). The molecule has 0 aliphatic carbocycles. The number of ether oxygens (including phenoxy) is 1. The van der Waals surface area contributed by atoms with Gasteiger partial charge in [-0.1, -0.05) is 58.8 Å². The van der Waals surface area contributed by atoms with Crippen molar-refractivity contribution in [3.63, 3.8) is 0 Å². The monoisotopic (exact) mass is 454 g/mol. The Morgan fingerprint density at radius 1 is 0.844 bits per heavy atom. The summed E-state index contributed by atoms with van der Waals surface area (Å²) in [6.07, 6.45) is 16.1. The summed E-state index contributed by atoms with van der Waals surface area (Å²) in [5, 5.41) is 9.14. The Bertz CT molecular complexity index is 478. The molecular weight excluding hydrogens is 404 g/mol. The molecule has 1 N–H and O–H groups in total. The summed E-state index contributed by atoms with van der Waals surface area (Å²) in [5.74, 6) is 0.581. The van der Waals surface area contributed by atoms with Crippen LogP contribution in [0.5, 0.6) is 0 Å². The smallest absolute Gasteiger partial charge is 0.407 e. The van der Waals surface area contributed by atoms with Crippen molar-refractivity contribution in [3.8, 4) is 0 Å². The molecule has 188 valence electrons. The first-order valence-corrected chi connectivity index (χ1v) is 13.4. The molecule has 0 radical (unpaired) electrons. The van der Waals surface area contributed by atoms with Crippen LogP contribution in [0.4, 0.5) is 4.79 Å². The molecule has 0 aromatic rings. The van der Waals surface area contributed by atoms with Crippen LogP contribution in [0.15, 0.2) is 0 Å². The Kier molecular flexibility index (Phi) is 17.2. The van der Waals surface area contributed by atoms with E-state index in [-0.39, 0.29) is 5.97 Å². The Labute approximate surface area is 197 Å². The van der Waals surface area contributed by atoms with Crippen LogP contribution in [0.1, 0.15) is 110 Å². The third-order valence-electron chi connectivity index (χ3n) is 6.68. The second kappa shape index (κ2) is 19.2. The predicted molar refractivity (Wildman–Crippen MR) is 131 cm³/mol. The van der Waals surface area contributed by atoms with E-state index in [1.807, 2.05) is 0 Å². The first kappa shape index (κ1) is 28.7. The molecular formula is C26H50N2O4. The average Bonchev–Trinajstić information content (AvgIpc) is 2.79. The third kappa shape index (κ3) is 14.7. The van der Waals surface area contributed by atoms with Gasteiger partial charge < -0.3 is 19.6 Å². The zero-order valence-corrected chi connectivity index (χ0v) is 21.0. The molecule has 6 nitrogen and oxygen atoms in total. The number of carbonyl (C=O) groups is 2. The number of carbonyl (C=O) groups excluding carboxylic acids is 1. The molecule has 1 rings (SSSR count). The number of piperidine rings is 1. The number of esters is 1. The molecule has 0 spiro atoms. The van der Waals surface area contributed by atoms with Crippen molar-refractivity contribution in [2.75, 3.05) is 39.3 Å². The highest BCUT2D eigenvalue weighted by Gasteiger charge is 2.22. The van der Waals surface area contributed by atoms with Gasteiger partial charge in [-0.3, -0.25) is 4.79 Å². The molecule has 0 unspecified atom stereocenters. The summed E-state index contributed by atoms with van der Waals surface area (Å²) in [6.45, 7) is 9.55. The number of amides is 1. The molecule has 1 heterocycles. The van der Waals surface area contributed by atoms with Crippen LogP contribution in [0.2, 0.25) is 0 Å². The number of carboxylic acid groups (broad SMARTS) is 1. The van der Waals surface area contributed by atoms with Crippen molar-refractivity contribution in [2.24, 2.45) is 5.92 Å². The van der Waals surface area contributed by atoms with Gasteiger partial charge in [0.2, 0.25) is 0 Å². The maximum Gasteiger partial charge on any atom is 0.407 e. The fourth-order valence-corrected chi connectivity index (χ4v) is 4.41. The first-order chi connectivity index (χ1) is 15.6. The SMILES string of the molecule is CCCCCCCCCN(CCCCC(=O)OCCCC)CCC1CCN(C(=O)O)CC1. The van der Waals surface area contributed by atoms with Crippen LogP contribution < -0.4 is 0 Å². The third-order valence-corrected chi connectivity index (χ3v) is 6.68. The molecule has 1 fully saturated rings. The summed E-state index contributed by atoms with van der Waals surface area (Å²) in [5.41, 5.74) is 0. The minimum atomic E-state index is -0.780. The molecule has 6 heteroatoms. The number of rotatable bonds is 19. The van der Waals surface area contributed by atoms with E-state index < -0.39 is 6.09 Å². The van der Waals surface area contributed by atoms with Crippen LogP contribution >= 0.6 is 0 Å². The number of hydrogen-bond acceptors (Lipinski definition) is 4. The average molecular weight is 455 g/mol. The molecule has 0 saturated carbocycles. The Morgan fingerprint density at radius 3 is 2.06 bits per heavy atom. The predicted octanol–water partition coefficient (Wildman–Crippen LogP) is 6.33. The lowest BCUT2D eigenvalue weighted by atomic mass is 9.93. The zero-order chi connectivity index (χ0) is 23.4. The Hall–Kier alpha value is -1.30. The van der Waals surface area contributed by atoms with E-state index >= 15 is 0 Å². The van der Waals surface area contributed by atoms with Gasteiger partial charge in [-0.25, -0.2) is 4.79 Å². The van der Waals surface area contributed by atoms with Gasteiger partial charge in [0.15, 0.2) is 0 Å². The highest BCUT2D eigenvalue weighted by Crippen LogP contribution is 2.21. The molecule has 1 amide bonds. The summed E-state index contributed by atoms with van der Waals surface area (Å²) in [7, 11) is 0. The summed E-state index contributed by atoms with van der Waals surface area (Å²) in [4.78, 5) is 27.0.